The van der Waals surface area contributed by atoms with Gasteiger partial charge >= 0.3 is 5.97 Å². The standard InChI is InChI=1S/C21H19Cl2N3O3/c1-3-29-21(28)20(25-12(2)27)18-11-24-19(14-6-4-5-7-16(14)23)15-10-13(22)8-9-17(15)26-18/h4-10,26H,3,11H2,1-2H3,(H,25,27). The minimum Gasteiger partial charge on any atom is -0.461 e. The number of hydrogen-bond acceptors (Lipinski definition) is 5. The molecule has 0 radical (unpaired) electrons. The quantitative estimate of drug-likeness (QED) is 0.562. The molecule has 1 aliphatic heterocycles. The Balaban J connectivity index is 2.19. The van der Waals surface area contributed by atoms with Gasteiger partial charge in [-0.05, 0) is 31.2 Å². The first kappa shape index (κ1) is 20.9. The maximum absolute atomic E-state index is 12.4. The number of esters is 1. The normalized spacial score (nSPS) is 14.7. The van der Waals surface area contributed by atoms with Crippen LogP contribution in [-0.2, 0) is 14.3 Å². The molecule has 0 spiro atoms. The molecular weight excluding hydrogens is 413 g/mol. The highest BCUT2D eigenvalue weighted by Crippen LogP contribution is 2.30. The van der Waals surface area contributed by atoms with Crippen LogP contribution in [0.3, 0.4) is 0 Å². The van der Waals surface area contributed by atoms with Gasteiger partial charge in [0.15, 0.2) is 0 Å². The number of rotatable bonds is 4. The van der Waals surface area contributed by atoms with E-state index in [1.807, 2.05) is 18.2 Å². The van der Waals surface area contributed by atoms with Crippen LogP contribution in [0.5, 0.6) is 0 Å². The van der Waals surface area contributed by atoms with Crippen LogP contribution in [0, 0.1) is 0 Å². The first-order chi connectivity index (χ1) is 13.9. The number of ether oxygens (including phenoxy) is 1. The number of halogens is 2. The lowest BCUT2D eigenvalue weighted by molar-refractivity contribution is -0.140. The molecule has 150 valence electrons. The number of nitrogens with zero attached hydrogens (tertiary/aromatic N) is 1. The lowest BCUT2D eigenvalue weighted by atomic mass is 10.0. The highest BCUT2D eigenvalue weighted by atomic mass is 35.5. The molecule has 0 fully saturated rings. The van der Waals surface area contributed by atoms with E-state index in [1.54, 1.807) is 31.2 Å². The van der Waals surface area contributed by atoms with Crippen molar-refractivity contribution in [2.45, 2.75) is 13.8 Å². The molecule has 8 heteroatoms. The summed E-state index contributed by atoms with van der Waals surface area (Å²) in [5, 5.41) is 6.82. The SMILES string of the molecule is CCOC(=O)C(NC(C)=O)=C1CN=C(c2ccccc2Cl)c2cc(Cl)ccc2N1. The monoisotopic (exact) mass is 431 g/mol. The van der Waals surface area contributed by atoms with E-state index >= 15 is 0 Å². The second-order valence-corrected chi connectivity index (χ2v) is 7.06. The fourth-order valence-corrected chi connectivity index (χ4v) is 3.32. The number of fused-ring (bicyclic) bond motifs is 1. The maximum Gasteiger partial charge on any atom is 0.356 e. The Morgan fingerprint density at radius 2 is 1.93 bits per heavy atom. The topological polar surface area (TPSA) is 79.8 Å². The minimum absolute atomic E-state index is 0.0180. The van der Waals surface area contributed by atoms with Crippen molar-refractivity contribution in [1.29, 1.82) is 0 Å². The fraction of sp³-hybridized carbons (Fsp3) is 0.190. The highest BCUT2D eigenvalue weighted by molar-refractivity contribution is 6.36. The van der Waals surface area contributed by atoms with Crippen molar-refractivity contribution < 1.29 is 14.3 Å². The number of nitrogens with one attached hydrogen (secondary N) is 2. The third-order valence-electron chi connectivity index (χ3n) is 4.13. The first-order valence-corrected chi connectivity index (χ1v) is 9.70. The summed E-state index contributed by atoms with van der Waals surface area (Å²) >= 11 is 12.6. The van der Waals surface area contributed by atoms with Crippen LogP contribution in [-0.4, -0.2) is 30.7 Å². The minimum atomic E-state index is -0.642. The molecule has 0 aromatic heterocycles. The third-order valence-corrected chi connectivity index (χ3v) is 4.69. The van der Waals surface area contributed by atoms with Crippen LogP contribution in [0.1, 0.15) is 25.0 Å². The Morgan fingerprint density at radius 3 is 2.62 bits per heavy atom. The molecule has 29 heavy (non-hydrogen) atoms. The van der Waals surface area contributed by atoms with Crippen LogP contribution in [0.15, 0.2) is 58.9 Å². The molecule has 0 unspecified atom stereocenters. The Kier molecular flexibility index (Phi) is 6.56. The van der Waals surface area contributed by atoms with Gasteiger partial charge in [0.05, 0.1) is 24.6 Å². The molecule has 0 atom stereocenters. The van der Waals surface area contributed by atoms with Gasteiger partial charge in [0.1, 0.15) is 5.70 Å². The van der Waals surface area contributed by atoms with E-state index in [1.165, 1.54) is 6.92 Å². The number of anilines is 1. The number of amides is 1. The smallest absolute Gasteiger partial charge is 0.356 e. The van der Waals surface area contributed by atoms with Crippen molar-refractivity contribution in [2.75, 3.05) is 18.5 Å². The zero-order chi connectivity index (χ0) is 21.0. The van der Waals surface area contributed by atoms with Gasteiger partial charge in [-0.2, -0.15) is 0 Å². The summed E-state index contributed by atoms with van der Waals surface area (Å²) in [5.41, 5.74) is 3.19. The maximum atomic E-state index is 12.4. The van der Waals surface area contributed by atoms with Gasteiger partial charge in [0.2, 0.25) is 5.91 Å². The van der Waals surface area contributed by atoms with E-state index in [-0.39, 0.29) is 18.8 Å². The van der Waals surface area contributed by atoms with Crippen LogP contribution in [0.4, 0.5) is 5.69 Å². The van der Waals surface area contributed by atoms with Crippen molar-refractivity contribution in [1.82, 2.24) is 5.32 Å². The van der Waals surface area contributed by atoms with E-state index in [9.17, 15) is 9.59 Å². The lowest BCUT2D eigenvalue weighted by Gasteiger charge is -2.15. The first-order valence-electron chi connectivity index (χ1n) is 8.94. The number of carbonyl (C=O) groups excluding carboxylic acids is 2. The molecule has 2 aromatic rings. The zero-order valence-corrected chi connectivity index (χ0v) is 17.4. The van der Waals surface area contributed by atoms with Crippen molar-refractivity contribution in [3.05, 3.63) is 75.0 Å². The van der Waals surface area contributed by atoms with Crippen molar-refractivity contribution in [3.8, 4) is 0 Å². The predicted molar refractivity (Wildman–Crippen MR) is 115 cm³/mol. The molecule has 3 rings (SSSR count). The molecule has 2 aromatic carbocycles. The van der Waals surface area contributed by atoms with E-state index in [0.29, 0.717) is 27.1 Å². The number of carbonyl (C=O) groups is 2. The Labute approximate surface area is 178 Å². The van der Waals surface area contributed by atoms with E-state index in [2.05, 4.69) is 15.6 Å². The largest absolute Gasteiger partial charge is 0.461 e. The number of hydrogen-bond donors (Lipinski definition) is 2. The van der Waals surface area contributed by atoms with Gasteiger partial charge in [0, 0.05) is 33.8 Å². The van der Waals surface area contributed by atoms with Crippen LogP contribution in [0.2, 0.25) is 10.0 Å². The van der Waals surface area contributed by atoms with Crippen molar-refractivity contribution in [3.63, 3.8) is 0 Å². The average molecular weight is 432 g/mol. The summed E-state index contributed by atoms with van der Waals surface area (Å²) < 4.78 is 5.09. The highest BCUT2D eigenvalue weighted by Gasteiger charge is 2.24. The summed E-state index contributed by atoms with van der Waals surface area (Å²) in [6, 6.07) is 12.6. The van der Waals surface area contributed by atoms with Crippen molar-refractivity contribution >= 4 is 46.5 Å². The van der Waals surface area contributed by atoms with Gasteiger partial charge in [-0.25, -0.2) is 4.79 Å². The number of benzodiazepines with no additional fused rings is 1. The summed E-state index contributed by atoms with van der Waals surface area (Å²) in [7, 11) is 0. The molecule has 0 bridgehead atoms. The molecule has 2 N–H and O–H groups in total. The Bertz CT molecular complexity index is 1030. The van der Waals surface area contributed by atoms with Gasteiger partial charge < -0.3 is 15.4 Å². The molecule has 0 saturated heterocycles. The molecule has 1 amide bonds. The second-order valence-electron chi connectivity index (χ2n) is 6.21. The molecule has 1 aliphatic rings. The predicted octanol–water partition coefficient (Wildman–Crippen LogP) is 4.17. The Hall–Kier alpha value is -2.83. The number of benzene rings is 2. The number of aliphatic imine (C=N–C) groups is 1. The molecule has 6 nitrogen and oxygen atoms in total. The van der Waals surface area contributed by atoms with E-state index in [0.717, 1.165) is 11.1 Å². The van der Waals surface area contributed by atoms with Crippen molar-refractivity contribution in [2.24, 2.45) is 4.99 Å². The van der Waals surface area contributed by atoms with Gasteiger partial charge in [-0.1, -0.05) is 41.4 Å². The van der Waals surface area contributed by atoms with Crippen LogP contribution < -0.4 is 10.6 Å². The summed E-state index contributed by atoms with van der Waals surface area (Å²) in [5.74, 6) is -1.03. The zero-order valence-electron chi connectivity index (χ0n) is 15.9. The van der Waals surface area contributed by atoms with Crippen LogP contribution in [0.25, 0.3) is 0 Å². The van der Waals surface area contributed by atoms with E-state index < -0.39 is 11.9 Å². The lowest BCUT2D eigenvalue weighted by Crippen LogP contribution is -2.30. The third kappa shape index (κ3) is 4.78. The molecular formula is C21H19Cl2N3O3. The second kappa shape index (κ2) is 9.11. The van der Waals surface area contributed by atoms with Gasteiger partial charge in [-0.15, -0.1) is 0 Å². The molecule has 1 heterocycles. The summed E-state index contributed by atoms with van der Waals surface area (Å²) in [6.07, 6.45) is 0. The summed E-state index contributed by atoms with van der Waals surface area (Å²) in [6.45, 7) is 3.29. The van der Waals surface area contributed by atoms with Gasteiger partial charge in [-0.3, -0.25) is 9.79 Å². The van der Waals surface area contributed by atoms with Gasteiger partial charge in [0.25, 0.3) is 0 Å². The fourth-order valence-electron chi connectivity index (χ4n) is 2.92. The molecule has 0 aliphatic carbocycles. The van der Waals surface area contributed by atoms with E-state index in [4.69, 9.17) is 27.9 Å². The average Bonchev–Trinajstić information content (AvgIpc) is 2.86. The summed E-state index contributed by atoms with van der Waals surface area (Å²) in [4.78, 5) is 28.8. The Morgan fingerprint density at radius 1 is 1.17 bits per heavy atom. The van der Waals surface area contributed by atoms with Crippen LogP contribution >= 0.6 is 23.2 Å². The molecule has 0 saturated carbocycles.